The third-order valence-electron chi connectivity index (χ3n) is 6.57. The molecule has 1 saturated carbocycles. The Hall–Kier alpha value is -2.67. The number of rotatable bonds is 8. The summed E-state index contributed by atoms with van der Waals surface area (Å²) in [6.45, 7) is 2.17. The van der Waals surface area contributed by atoms with Crippen molar-refractivity contribution >= 4 is 27.5 Å². The normalized spacial score (nSPS) is 17.9. The SMILES string of the molecule is O=S(=O)(N1CCN(C2CCC2)CC1)N(Cc1ccc(-c2nnc(C(F)F)o2)cn1)c1cccc(Cl)c1. The van der Waals surface area contributed by atoms with E-state index in [2.05, 4.69) is 20.1 Å². The van der Waals surface area contributed by atoms with E-state index in [1.165, 1.54) is 34.1 Å². The van der Waals surface area contributed by atoms with Crippen LogP contribution in [0.5, 0.6) is 0 Å². The van der Waals surface area contributed by atoms with Crippen LogP contribution >= 0.6 is 11.6 Å². The number of aromatic nitrogens is 3. The maximum absolute atomic E-state index is 13.8. The van der Waals surface area contributed by atoms with Gasteiger partial charge in [-0.15, -0.1) is 10.2 Å². The number of benzene rings is 1. The van der Waals surface area contributed by atoms with Crippen LogP contribution < -0.4 is 4.31 Å². The Morgan fingerprint density at radius 2 is 1.89 bits per heavy atom. The second-order valence-corrected chi connectivity index (χ2v) is 11.1. The summed E-state index contributed by atoms with van der Waals surface area (Å²) in [5.41, 5.74) is 1.22. The van der Waals surface area contributed by atoms with Crippen molar-refractivity contribution in [2.45, 2.75) is 38.3 Å². The highest BCUT2D eigenvalue weighted by Gasteiger charge is 2.35. The van der Waals surface area contributed by atoms with Crippen LogP contribution in [0.4, 0.5) is 14.5 Å². The predicted octanol–water partition coefficient (Wildman–Crippen LogP) is 4.14. The fourth-order valence-electron chi connectivity index (χ4n) is 4.36. The molecule has 1 aromatic carbocycles. The Morgan fingerprint density at radius 1 is 1.11 bits per heavy atom. The third-order valence-corrected chi connectivity index (χ3v) is 8.72. The molecule has 36 heavy (non-hydrogen) atoms. The van der Waals surface area contributed by atoms with Gasteiger partial charge in [0.1, 0.15) is 0 Å². The van der Waals surface area contributed by atoms with Crippen LogP contribution in [0.3, 0.4) is 0 Å². The topological polar surface area (TPSA) is 95.7 Å². The third kappa shape index (κ3) is 5.22. The Labute approximate surface area is 212 Å². The van der Waals surface area contributed by atoms with Crippen molar-refractivity contribution in [2.24, 2.45) is 0 Å². The molecule has 0 bridgehead atoms. The highest BCUT2D eigenvalue weighted by atomic mass is 35.5. The molecule has 0 atom stereocenters. The molecule has 1 aliphatic heterocycles. The van der Waals surface area contributed by atoms with Crippen LogP contribution in [0.2, 0.25) is 5.02 Å². The fourth-order valence-corrected chi connectivity index (χ4v) is 6.12. The maximum Gasteiger partial charge on any atom is 0.314 e. The van der Waals surface area contributed by atoms with Gasteiger partial charge in [-0.05, 0) is 43.2 Å². The molecule has 3 heterocycles. The summed E-state index contributed by atoms with van der Waals surface area (Å²) >= 11 is 6.18. The van der Waals surface area contributed by atoms with Crippen molar-refractivity contribution in [1.29, 1.82) is 0 Å². The second-order valence-electron chi connectivity index (χ2n) is 8.80. The predicted molar refractivity (Wildman–Crippen MR) is 130 cm³/mol. The van der Waals surface area contributed by atoms with Crippen LogP contribution in [-0.2, 0) is 16.8 Å². The van der Waals surface area contributed by atoms with Crippen molar-refractivity contribution in [3.63, 3.8) is 0 Å². The number of piperazine rings is 1. The molecule has 5 rings (SSSR count). The Balaban J connectivity index is 1.37. The molecule has 0 unspecified atom stereocenters. The molecule has 3 aromatic rings. The maximum atomic E-state index is 13.8. The van der Waals surface area contributed by atoms with Crippen LogP contribution in [-0.4, -0.2) is 65.0 Å². The van der Waals surface area contributed by atoms with Crippen molar-refractivity contribution in [2.75, 3.05) is 30.5 Å². The van der Waals surface area contributed by atoms with Gasteiger partial charge in [0.2, 0.25) is 5.89 Å². The molecule has 2 fully saturated rings. The Kier molecular flexibility index (Phi) is 7.20. The van der Waals surface area contributed by atoms with Crippen LogP contribution in [0, 0.1) is 0 Å². The second kappa shape index (κ2) is 10.4. The fraction of sp³-hybridized carbons (Fsp3) is 0.435. The molecule has 13 heteroatoms. The molecule has 2 aliphatic rings. The van der Waals surface area contributed by atoms with Crippen molar-refractivity contribution in [1.82, 2.24) is 24.4 Å². The van der Waals surface area contributed by atoms with Gasteiger partial charge in [-0.1, -0.05) is 24.1 Å². The first kappa shape index (κ1) is 25.0. The molecule has 0 amide bonds. The van der Waals surface area contributed by atoms with E-state index in [0.717, 1.165) is 0 Å². The highest BCUT2D eigenvalue weighted by molar-refractivity contribution is 7.90. The van der Waals surface area contributed by atoms with Crippen LogP contribution in [0.15, 0.2) is 47.0 Å². The minimum Gasteiger partial charge on any atom is -0.415 e. The van der Waals surface area contributed by atoms with Gasteiger partial charge in [0.15, 0.2) is 0 Å². The van der Waals surface area contributed by atoms with E-state index in [1.807, 2.05) is 0 Å². The monoisotopic (exact) mass is 538 g/mol. The van der Waals surface area contributed by atoms with Gasteiger partial charge in [-0.2, -0.15) is 21.5 Å². The standard InChI is InChI=1S/C23H25ClF2N6O3S/c24-17-3-1-6-20(13-17)32(36(33,34)31-11-9-30(10-12-31)19-4-2-5-19)15-18-8-7-16(14-27-18)22-28-29-23(35-22)21(25)26/h1,3,6-8,13-14,19,21H,2,4-5,9-12,15H2. The van der Waals surface area contributed by atoms with Gasteiger partial charge >= 0.3 is 16.6 Å². The number of alkyl halides is 2. The lowest BCUT2D eigenvalue weighted by atomic mass is 9.91. The van der Waals surface area contributed by atoms with Crippen LogP contribution in [0.25, 0.3) is 11.5 Å². The summed E-state index contributed by atoms with van der Waals surface area (Å²) in [6.07, 6.45) is 2.10. The summed E-state index contributed by atoms with van der Waals surface area (Å²) < 4.78 is 60.8. The Bertz CT molecular complexity index is 1300. The minimum absolute atomic E-state index is 0.0437. The molecule has 192 valence electrons. The van der Waals surface area contributed by atoms with E-state index < -0.39 is 22.5 Å². The summed E-state index contributed by atoms with van der Waals surface area (Å²) in [4.78, 5) is 6.70. The summed E-state index contributed by atoms with van der Waals surface area (Å²) in [6, 6.07) is 10.4. The van der Waals surface area contributed by atoms with Gasteiger partial charge < -0.3 is 4.42 Å². The van der Waals surface area contributed by atoms with E-state index >= 15 is 0 Å². The number of hydrogen-bond acceptors (Lipinski definition) is 7. The number of anilines is 1. The van der Waals surface area contributed by atoms with E-state index in [9.17, 15) is 17.2 Å². The molecule has 9 nitrogen and oxygen atoms in total. The Morgan fingerprint density at radius 3 is 2.47 bits per heavy atom. The lowest BCUT2D eigenvalue weighted by Crippen LogP contribution is -2.56. The van der Waals surface area contributed by atoms with Gasteiger partial charge in [0, 0.05) is 43.4 Å². The van der Waals surface area contributed by atoms with E-state index in [-0.39, 0.29) is 12.4 Å². The zero-order chi connectivity index (χ0) is 25.3. The molecule has 1 saturated heterocycles. The average Bonchev–Trinajstić information content (AvgIpc) is 3.33. The lowest BCUT2D eigenvalue weighted by Gasteiger charge is -2.43. The van der Waals surface area contributed by atoms with Crippen LogP contribution in [0.1, 0.15) is 37.3 Å². The zero-order valence-corrected chi connectivity index (χ0v) is 20.9. The smallest absolute Gasteiger partial charge is 0.314 e. The lowest BCUT2D eigenvalue weighted by molar-refractivity contribution is 0.0888. The molecular formula is C23H25ClF2N6O3S. The van der Waals surface area contributed by atoms with E-state index in [4.69, 9.17) is 16.0 Å². The first-order chi connectivity index (χ1) is 17.3. The average molecular weight is 539 g/mol. The molecule has 0 radical (unpaired) electrons. The van der Waals surface area contributed by atoms with Gasteiger partial charge in [-0.25, -0.2) is 0 Å². The van der Waals surface area contributed by atoms with Crippen molar-refractivity contribution < 1.29 is 21.6 Å². The van der Waals surface area contributed by atoms with E-state index in [0.29, 0.717) is 54.2 Å². The summed E-state index contributed by atoms with van der Waals surface area (Å²) in [5.74, 6) is -0.863. The van der Waals surface area contributed by atoms with Crippen molar-refractivity contribution in [3.05, 3.63) is 59.2 Å². The largest absolute Gasteiger partial charge is 0.415 e. The highest BCUT2D eigenvalue weighted by Crippen LogP contribution is 2.29. The quantitative estimate of drug-likeness (QED) is 0.425. The summed E-state index contributed by atoms with van der Waals surface area (Å²) in [7, 11) is -3.88. The first-order valence-corrected chi connectivity index (χ1v) is 13.4. The number of halogens is 3. The number of pyridine rings is 1. The van der Waals surface area contributed by atoms with Gasteiger partial charge in [0.25, 0.3) is 5.89 Å². The molecule has 0 spiro atoms. The molecular weight excluding hydrogens is 514 g/mol. The number of nitrogens with zero attached hydrogens (tertiary/aromatic N) is 6. The van der Waals surface area contributed by atoms with E-state index in [1.54, 1.807) is 36.4 Å². The summed E-state index contributed by atoms with van der Waals surface area (Å²) in [5, 5.41) is 7.35. The molecule has 1 aliphatic carbocycles. The molecule has 2 aromatic heterocycles. The zero-order valence-electron chi connectivity index (χ0n) is 19.3. The molecule has 0 N–H and O–H groups in total. The van der Waals surface area contributed by atoms with Crippen molar-refractivity contribution in [3.8, 4) is 11.5 Å². The first-order valence-electron chi connectivity index (χ1n) is 11.7. The number of hydrogen-bond donors (Lipinski definition) is 0. The van der Waals surface area contributed by atoms with Gasteiger partial charge in [-0.3, -0.25) is 14.2 Å². The van der Waals surface area contributed by atoms with Gasteiger partial charge in [0.05, 0.1) is 23.5 Å². The minimum atomic E-state index is -3.88.